The third kappa shape index (κ3) is 2.94. The zero-order valence-electron chi connectivity index (χ0n) is 12.6. The van der Waals surface area contributed by atoms with Crippen molar-refractivity contribution in [2.24, 2.45) is 0 Å². The van der Waals surface area contributed by atoms with Crippen LogP contribution < -0.4 is 5.32 Å². The van der Waals surface area contributed by atoms with E-state index in [1.165, 1.54) is 11.5 Å². The summed E-state index contributed by atoms with van der Waals surface area (Å²) >= 11 is 1.21. The number of nitrogens with zero attached hydrogens (tertiary/aromatic N) is 3. The first-order valence-corrected chi connectivity index (χ1v) is 8.67. The third-order valence-electron chi connectivity index (χ3n) is 4.41. The van der Waals surface area contributed by atoms with Gasteiger partial charge in [-0.3, -0.25) is 5.32 Å². The Labute approximate surface area is 138 Å². The van der Waals surface area contributed by atoms with Crippen LogP contribution in [-0.4, -0.2) is 45.6 Å². The summed E-state index contributed by atoms with van der Waals surface area (Å²) in [5.74, 6) is 0.645. The molecule has 7 heteroatoms. The first-order chi connectivity index (χ1) is 11.3. The summed E-state index contributed by atoms with van der Waals surface area (Å²) in [4.78, 5) is 18.9. The van der Waals surface area contributed by atoms with E-state index in [2.05, 4.69) is 14.7 Å². The molecular formula is C16H18N4O2S. The molecule has 2 unspecified atom stereocenters. The van der Waals surface area contributed by atoms with Crippen molar-refractivity contribution in [3.05, 3.63) is 30.3 Å². The third-order valence-corrected chi connectivity index (χ3v) is 5.05. The van der Waals surface area contributed by atoms with Crippen molar-refractivity contribution in [2.75, 3.05) is 18.5 Å². The Balaban J connectivity index is 1.46. The van der Waals surface area contributed by atoms with Gasteiger partial charge in [-0.2, -0.15) is 9.36 Å². The molecule has 0 spiro atoms. The summed E-state index contributed by atoms with van der Waals surface area (Å²) in [6.45, 7) is 1.25. The highest BCUT2D eigenvalue weighted by Crippen LogP contribution is 2.30. The van der Waals surface area contributed by atoms with Gasteiger partial charge in [0.1, 0.15) is 0 Å². The lowest BCUT2D eigenvalue weighted by molar-refractivity contribution is -0.0362. The summed E-state index contributed by atoms with van der Waals surface area (Å²) in [5.41, 5.74) is 0.950. The van der Waals surface area contributed by atoms with Crippen LogP contribution in [0.3, 0.4) is 0 Å². The number of fused-ring (bicyclic) bond motifs is 1. The Hall–Kier alpha value is -1.99. The molecule has 2 fully saturated rings. The zero-order chi connectivity index (χ0) is 15.6. The molecule has 1 aliphatic carbocycles. The molecule has 2 atom stereocenters. The minimum atomic E-state index is -0.0963. The van der Waals surface area contributed by atoms with E-state index in [4.69, 9.17) is 4.74 Å². The van der Waals surface area contributed by atoms with E-state index in [9.17, 15) is 4.79 Å². The van der Waals surface area contributed by atoms with E-state index in [1.807, 2.05) is 35.2 Å². The maximum Gasteiger partial charge on any atom is 0.324 e. The molecule has 2 aromatic rings. The van der Waals surface area contributed by atoms with Crippen LogP contribution in [0.15, 0.2) is 30.3 Å². The van der Waals surface area contributed by atoms with E-state index in [-0.39, 0.29) is 18.2 Å². The fourth-order valence-corrected chi connectivity index (χ4v) is 3.90. The van der Waals surface area contributed by atoms with Gasteiger partial charge in [-0.05, 0) is 19.3 Å². The number of hydrogen-bond donors (Lipinski definition) is 1. The van der Waals surface area contributed by atoms with E-state index in [1.54, 1.807) is 0 Å². The zero-order valence-corrected chi connectivity index (χ0v) is 13.5. The Morgan fingerprint density at radius 3 is 3.04 bits per heavy atom. The van der Waals surface area contributed by atoms with E-state index in [0.717, 1.165) is 24.8 Å². The number of hydrogen-bond acceptors (Lipinski definition) is 5. The fourth-order valence-electron chi connectivity index (χ4n) is 3.32. The number of nitrogens with one attached hydrogen (secondary N) is 1. The molecule has 1 aromatic heterocycles. The maximum atomic E-state index is 12.6. The second kappa shape index (κ2) is 6.25. The van der Waals surface area contributed by atoms with Crippen LogP contribution in [0.4, 0.5) is 9.93 Å². The van der Waals surface area contributed by atoms with Gasteiger partial charge in [-0.1, -0.05) is 30.3 Å². The van der Waals surface area contributed by atoms with Crippen LogP contribution >= 0.6 is 11.5 Å². The highest BCUT2D eigenvalue weighted by atomic mass is 32.1. The van der Waals surface area contributed by atoms with Crippen molar-refractivity contribution >= 4 is 22.7 Å². The first kappa shape index (κ1) is 14.6. The molecule has 23 heavy (non-hydrogen) atoms. The van der Waals surface area contributed by atoms with Gasteiger partial charge in [-0.25, -0.2) is 4.79 Å². The number of aromatic nitrogens is 2. The lowest BCUT2D eigenvalue weighted by Crippen LogP contribution is -2.52. The quantitative estimate of drug-likeness (QED) is 0.919. The maximum absolute atomic E-state index is 12.6. The van der Waals surface area contributed by atoms with Gasteiger partial charge in [0.25, 0.3) is 0 Å². The number of rotatable bonds is 2. The highest BCUT2D eigenvalue weighted by molar-refractivity contribution is 7.10. The minimum absolute atomic E-state index is 0.0963. The SMILES string of the molecule is O=C(Nc1nc(-c2ccccc2)ns1)N1CCOC2CCCC21. The second-order valence-electron chi connectivity index (χ2n) is 5.82. The predicted octanol–water partition coefficient (Wildman–Crippen LogP) is 2.99. The van der Waals surface area contributed by atoms with E-state index in [0.29, 0.717) is 24.1 Å². The number of amides is 2. The van der Waals surface area contributed by atoms with Gasteiger partial charge in [0.15, 0.2) is 5.82 Å². The summed E-state index contributed by atoms with van der Waals surface area (Å²) in [6.07, 6.45) is 3.38. The average Bonchev–Trinajstić information content (AvgIpc) is 3.24. The summed E-state index contributed by atoms with van der Waals surface area (Å²) in [7, 11) is 0. The molecule has 2 heterocycles. The number of carbonyl (C=O) groups is 1. The van der Waals surface area contributed by atoms with Crippen molar-refractivity contribution in [1.82, 2.24) is 14.3 Å². The molecular weight excluding hydrogens is 312 g/mol. The van der Waals surface area contributed by atoms with Crippen LogP contribution in [0.5, 0.6) is 0 Å². The molecule has 120 valence electrons. The van der Waals surface area contributed by atoms with Crippen LogP contribution in [0, 0.1) is 0 Å². The average molecular weight is 330 g/mol. The number of ether oxygens (including phenoxy) is 1. The lowest BCUT2D eigenvalue weighted by Gasteiger charge is -2.37. The van der Waals surface area contributed by atoms with Crippen molar-refractivity contribution in [3.63, 3.8) is 0 Å². The van der Waals surface area contributed by atoms with Crippen molar-refractivity contribution in [1.29, 1.82) is 0 Å². The van der Waals surface area contributed by atoms with Crippen LogP contribution in [-0.2, 0) is 4.74 Å². The van der Waals surface area contributed by atoms with Gasteiger partial charge in [0.2, 0.25) is 5.13 Å². The minimum Gasteiger partial charge on any atom is -0.374 e. The number of benzene rings is 1. The van der Waals surface area contributed by atoms with Crippen LogP contribution in [0.1, 0.15) is 19.3 Å². The number of anilines is 1. The molecule has 2 aliphatic rings. The Bertz CT molecular complexity index is 690. The number of morpholine rings is 1. The molecule has 1 aliphatic heterocycles. The molecule has 0 radical (unpaired) electrons. The smallest absolute Gasteiger partial charge is 0.324 e. The van der Waals surface area contributed by atoms with Crippen LogP contribution in [0.25, 0.3) is 11.4 Å². The summed E-state index contributed by atoms with van der Waals surface area (Å²) < 4.78 is 10.1. The van der Waals surface area contributed by atoms with E-state index < -0.39 is 0 Å². The summed E-state index contributed by atoms with van der Waals surface area (Å²) in [6, 6.07) is 9.86. The molecule has 2 amide bonds. The van der Waals surface area contributed by atoms with Crippen molar-refractivity contribution < 1.29 is 9.53 Å². The largest absolute Gasteiger partial charge is 0.374 e. The second-order valence-corrected chi connectivity index (χ2v) is 6.57. The fraction of sp³-hybridized carbons (Fsp3) is 0.438. The van der Waals surface area contributed by atoms with E-state index >= 15 is 0 Å². The van der Waals surface area contributed by atoms with Gasteiger partial charge >= 0.3 is 6.03 Å². The summed E-state index contributed by atoms with van der Waals surface area (Å²) in [5, 5.41) is 3.43. The monoisotopic (exact) mass is 330 g/mol. The normalized spacial score (nSPS) is 23.6. The molecule has 1 saturated carbocycles. The van der Waals surface area contributed by atoms with Gasteiger partial charge in [0, 0.05) is 23.6 Å². The first-order valence-electron chi connectivity index (χ1n) is 7.89. The van der Waals surface area contributed by atoms with Gasteiger partial charge in [0.05, 0.1) is 18.8 Å². The predicted molar refractivity (Wildman–Crippen MR) is 88.4 cm³/mol. The Kier molecular flexibility index (Phi) is 3.97. The topological polar surface area (TPSA) is 67.4 Å². The van der Waals surface area contributed by atoms with Crippen LogP contribution in [0.2, 0.25) is 0 Å². The molecule has 0 bridgehead atoms. The highest BCUT2D eigenvalue weighted by Gasteiger charge is 2.38. The van der Waals surface area contributed by atoms with Crippen molar-refractivity contribution in [3.8, 4) is 11.4 Å². The van der Waals surface area contributed by atoms with Crippen molar-refractivity contribution in [2.45, 2.75) is 31.4 Å². The Morgan fingerprint density at radius 2 is 2.17 bits per heavy atom. The molecule has 1 N–H and O–H groups in total. The molecule has 4 rings (SSSR count). The molecule has 1 saturated heterocycles. The number of carbonyl (C=O) groups excluding carboxylic acids is 1. The lowest BCUT2D eigenvalue weighted by atomic mass is 10.1. The van der Waals surface area contributed by atoms with Gasteiger partial charge < -0.3 is 9.64 Å². The number of urea groups is 1. The standard InChI is InChI=1S/C16H18N4O2S/c21-16(20-9-10-22-13-8-4-7-12(13)20)18-15-17-14(19-23-15)11-5-2-1-3-6-11/h1-3,5-6,12-13H,4,7-10H2,(H,17,18,19,21). The molecule has 6 nitrogen and oxygen atoms in total. The van der Waals surface area contributed by atoms with Gasteiger partial charge in [-0.15, -0.1) is 0 Å². The molecule has 1 aromatic carbocycles. The Morgan fingerprint density at radius 1 is 1.30 bits per heavy atom.